The Morgan fingerprint density at radius 3 is 1.77 bits per heavy atom. The van der Waals surface area contributed by atoms with E-state index in [9.17, 15) is 28.8 Å². The number of Topliss-reactive ketones (excluding diaryl/α,β-unsaturated/α-hetero) is 3. The Morgan fingerprint density at radius 2 is 1.19 bits per heavy atom. The summed E-state index contributed by atoms with van der Waals surface area (Å²) in [6, 6.07) is 37.0. The minimum Gasteiger partial charge on any atom is -0.460 e. The largest absolute Gasteiger partial charge is 0.460 e. The molecule has 4 aromatic carbocycles. The Kier molecular flexibility index (Phi) is 16.2. The number of carbonyl (C=O) groups excluding carboxylic acids is 6. The van der Waals surface area contributed by atoms with Crippen LogP contribution in [0.1, 0.15) is 145 Å². The summed E-state index contributed by atoms with van der Waals surface area (Å²) in [7, 11) is 0. The fraction of sp³-hybridized carbons (Fsp3) is 0.333. The van der Waals surface area contributed by atoms with Crippen molar-refractivity contribution in [2.75, 3.05) is 27.4 Å². The number of aromatic nitrogens is 2. The normalized spacial score (nSPS) is 15.6. The number of alkyl carbamates (subject to hydrolysis) is 1. The molecule has 0 saturated heterocycles. The van der Waals surface area contributed by atoms with E-state index in [1.54, 1.807) is 48.8 Å². The summed E-state index contributed by atoms with van der Waals surface area (Å²) in [4.78, 5) is 85.2. The molecule has 10 rings (SSSR count). The van der Waals surface area contributed by atoms with Crippen molar-refractivity contribution in [3.05, 3.63) is 173 Å². The number of alkyl halides is 1. The van der Waals surface area contributed by atoms with Gasteiger partial charge in [-0.15, -0.1) is 0 Å². The van der Waals surface area contributed by atoms with Crippen molar-refractivity contribution >= 4 is 79.9 Å². The number of nitrogens with one attached hydrogen (secondary N) is 3. The number of benzene rings is 4. The minimum atomic E-state index is -0.521. The van der Waals surface area contributed by atoms with Gasteiger partial charge in [0.1, 0.15) is 17.0 Å². The van der Waals surface area contributed by atoms with Crippen LogP contribution in [0.4, 0.5) is 33.5 Å². The lowest BCUT2D eigenvalue weighted by molar-refractivity contribution is -0.157. The van der Waals surface area contributed by atoms with Crippen molar-refractivity contribution in [3.8, 4) is 0 Å². The Hall–Kier alpha value is -7.52. The van der Waals surface area contributed by atoms with Gasteiger partial charge < -0.3 is 25.4 Å². The number of amides is 2. The summed E-state index contributed by atoms with van der Waals surface area (Å²) in [5, 5.41) is 9.74. The predicted molar refractivity (Wildman–Crippen MR) is 294 cm³/mol. The molecule has 2 aliphatic carbocycles. The zero-order valence-electron chi connectivity index (χ0n) is 43.3. The van der Waals surface area contributed by atoms with Crippen LogP contribution < -0.4 is 20.9 Å². The Labute approximate surface area is 446 Å². The smallest absolute Gasteiger partial charge is 0.408 e. The quantitative estimate of drug-likeness (QED) is 0.0671. The Bertz CT molecular complexity index is 3100. The third kappa shape index (κ3) is 12.9. The summed E-state index contributed by atoms with van der Waals surface area (Å²) in [5.41, 5.74) is 5.83. The predicted octanol–water partition coefficient (Wildman–Crippen LogP) is 12.6. The number of ether oxygens (including phenoxy) is 2. The van der Waals surface area contributed by atoms with Crippen LogP contribution in [0.2, 0.25) is 0 Å². The molecule has 2 fully saturated rings. The molecule has 4 heterocycles. The van der Waals surface area contributed by atoms with Gasteiger partial charge in [-0.3, -0.25) is 28.9 Å². The van der Waals surface area contributed by atoms with Crippen molar-refractivity contribution in [1.29, 1.82) is 0 Å². The molecule has 2 amide bonds. The van der Waals surface area contributed by atoms with E-state index in [1.807, 2.05) is 126 Å². The van der Waals surface area contributed by atoms with E-state index in [4.69, 9.17) is 9.47 Å². The molecule has 3 N–H and O–H groups in total. The van der Waals surface area contributed by atoms with Crippen molar-refractivity contribution in [2.45, 2.75) is 115 Å². The van der Waals surface area contributed by atoms with Crippen LogP contribution >= 0.6 is 15.9 Å². The number of nitrogens with zero attached hydrogens (tertiary/aromatic N) is 3. The Morgan fingerprint density at radius 1 is 0.640 bits per heavy atom. The third-order valence-electron chi connectivity index (χ3n) is 13.6. The minimum absolute atomic E-state index is 0.0503. The lowest BCUT2D eigenvalue weighted by atomic mass is 9.62. The molecule has 6 aromatic rings. The zero-order valence-corrected chi connectivity index (χ0v) is 44.8. The SMILES string of the molecule is CC(C)(C)OC(=O)CC1(c2ccc(C(=O)CN3C(=O)c4ccccc4Nc4ncccc43)cc2)CCC1.CC(C)(C)OC(=O)NC1(c2ccc(C(=O)CBr)cc2)CCC1.O=C1Cc2cccnc2Nc2ccccc21. The van der Waals surface area contributed by atoms with Crippen molar-refractivity contribution in [1.82, 2.24) is 15.3 Å². The van der Waals surface area contributed by atoms with E-state index < -0.39 is 17.3 Å². The number of anilines is 5. The van der Waals surface area contributed by atoms with Crippen LogP contribution in [-0.2, 0) is 31.6 Å². The monoisotopic (exact) mass is 1070 g/mol. The molecule has 15 heteroatoms. The van der Waals surface area contributed by atoms with Gasteiger partial charge >= 0.3 is 12.1 Å². The summed E-state index contributed by atoms with van der Waals surface area (Å²) in [6.07, 6.45) is 9.45. The fourth-order valence-electron chi connectivity index (χ4n) is 9.59. The molecule has 0 radical (unpaired) electrons. The van der Waals surface area contributed by atoms with E-state index in [2.05, 4.69) is 41.8 Å². The highest BCUT2D eigenvalue weighted by Gasteiger charge is 2.43. The molecule has 2 aromatic heterocycles. The highest BCUT2D eigenvalue weighted by Crippen LogP contribution is 2.47. The highest BCUT2D eigenvalue weighted by atomic mass is 79.9. The second kappa shape index (κ2) is 22.5. The van der Waals surface area contributed by atoms with Gasteiger partial charge in [0.2, 0.25) is 0 Å². The number of hydrogen-bond acceptors (Lipinski definition) is 12. The van der Waals surface area contributed by atoms with Gasteiger partial charge in [0.25, 0.3) is 5.91 Å². The standard InChI is InChI=1S/C30H31N3O4.C17H22BrNO3.C13H10N2O/c1-29(2,3)37-26(35)18-30(15-7-16-30)21-13-11-20(12-14-21)25(34)19-33-24-10-6-17-31-27(24)32-23-9-5-4-8-22(23)28(33)36;1-16(2,3)22-15(21)19-17(9-4-10-17)13-7-5-12(6-8-13)14(20)11-18;16-12-8-9-4-3-7-14-13(9)15-11-6-2-1-5-10(11)12/h4-6,8-14,17H,7,15-16,18-19H2,1-3H3,(H,31,32);5-8H,4,9-11H2,1-3H3,(H,19,21);1-7H,8H2,(H,14,15). The van der Waals surface area contributed by atoms with Crippen LogP contribution in [0.25, 0.3) is 0 Å². The van der Waals surface area contributed by atoms with Crippen LogP contribution in [0.15, 0.2) is 134 Å². The molecular weight excluding hydrogens is 1010 g/mol. The van der Waals surface area contributed by atoms with Gasteiger partial charge in [-0.1, -0.05) is 101 Å². The number of para-hydroxylation sites is 2. The van der Waals surface area contributed by atoms with Gasteiger partial charge in [-0.25, -0.2) is 14.8 Å². The highest BCUT2D eigenvalue weighted by molar-refractivity contribution is 9.09. The number of esters is 1. The number of pyridine rings is 2. The first-order valence-electron chi connectivity index (χ1n) is 25.3. The summed E-state index contributed by atoms with van der Waals surface area (Å²) < 4.78 is 10.9. The van der Waals surface area contributed by atoms with E-state index in [-0.39, 0.29) is 46.7 Å². The van der Waals surface area contributed by atoms with Gasteiger partial charge in [-0.05, 0) is 127 Å². The zero-order chi connectivity index (χ0) is 53.5. The average molecular weight is 1080 g/mol. The van der Waals surface area contributed by atoms with Crippen LogP contribution in [0.5, 0.6) is 0 Å². The van der Waals surface area contributed by atoms with Crippen LogP contribution in [0.3, 0.4) is 0 Å². The molecular formula is C60H63BrN6O8. The average Bonchev–Trinajstić information content (AvgIpc) is 3.57. The molecule has 0 bridgehead atoms. The maximum Gasteiger partial charge on any atom is 0.408 e. The van der Waals surface area contributed by atoms with Gasteiger partial charge in [0.05, 0.1) is 46.5 Å². The molecule has 2 saturated carbocycles. The number of rotatable bonds is 10. The maximum absolute atomic E-state index is 13.5. The maximum atomic E-state index is 13.5. The molecule has 4 aliphatic rings. The number of ketones is 3. The Balaban J connectivity index is 0.000000166. The topological polar surface area (TPSA) is 186 Å². The van der Waals surface area contributed by atoms with Crippen molar-refractivity contribution in [2.24, 2.45) is 0 Å². The second-order valence-electron chi connectivity index (χ2n) is 21.3. The number of carbonyl (C=O) groups is 6. The lowest BCUT2D eigenvalue weighted by Crippen LogP contribution is -2.52. The van der Waals surface area contributed by atoms with Crippen LogP contribution in [-0.4, -0.2) is 68.4 Å². The summed E-state index contributed by atoms with van der Waals surface area (Å²) >= 11 is 3.17. The number of halogens is 1. The van der Waals surface area contributed by atoms with Gasteiger partial charge in [-0.2, -0.15) is 0 Å². The van der Waals surface area contributed by atoms with E-state index in [0.717, 1.165) is 72.3 Å². The van der Waals surface area contributed by atoms with Crippen molar-refractivity contribution in [3.63, 3.8) is 0 Å². The fourth-order valence-corrected chi connectivity index (χ4v) is 9.91. The first kappa shape index (κ1) is 53.8. The van der Waals surface area contributed by atoms with Gasteiger partial charge in [0.15, 0.2) is 23.2 Å². The third-order valence-corrected chi connectivity index (χ3v) is 14.1. The molecule has 0 unspecified atom stereocenters. The second-order valence-corrected chi connectivity index (χ2v) is 21.9. The van der Waals surface area contributed by atoms with E-state index in [1.165, 1.54) is 4.90 Å². The summed E-state index contributed by atoms with van der Waals surface area (Å²) in [5.74, 6) is 0.852. The first-order chi connectivity index (χ1) is 35.7. The lowest BCUT2D eigenvalue weighted by Gasteiger charge is -2.43. The molecule has 75 heavy (non-hydrogen) atoms. The molecule has 2 aliphatic heterocycles. The first-order valence-corrected chi connectivity index (χ1v) is 26.4. The van der Waals surface area contributed by atoms with Gasteiger partial charge in [0, 0.05) is 46.5 Å². The molecule has 14 nitrogen and oxygen atoms in total. The van der Waals surface area contributed by atoms with Crippen molar-refractivity contribution < 1.29 is 38.2 Å². The van der Waals surface area contributed by atoms with Crippen LogP contribution in [0, 0.1) is 0 Å². The molecule has 0 atom stereocenters. The molecule has 388 valence electrons. The number of hydrogen-bond donors (Lipinski definition) is 3. The van der Waals surface area contributed by atoms with E-state index >= 15 is 0 Å². The molecule has 0 spiro atoms. The summed E-state index contributed by atoms with van der Waals surface area (Å²) in [6.45, 7) is 11.0. The number of fused-ring (bicyclic) bond motifs is 4. The van der Waals surface area contributed by atoms with E-state index in [0.29, 0.717) is 52.1 Å².